The SMILES string of the molecule is CCc1nn(C)c(CSCC(=O)O)c1Br. The topological polar surface area (TPSA) is 55.1 Å². The molecule has 0 fully saturated rings. The van der Waals surface area contributed by atoms with Gasteiger partial charge in [0.05, 0.1) is 21.6 Å². The molecule has 0 radical (unpaired) electrons. The van der Waals surface area contributed by atoms with Crippen molar-refractivity contribution in [3.63, 3.8) is 0 Å². The smallest absolute Gasteiger partial charge is 0.313 e. The predicted octanol–water partition coefficient (Wildman–Crippen LogP) is 2.06. The van der Waals surface area contributed by atoms with Crippen LogP contribution in [0.25, 0.3) is 0 Å². The third kappa shape index (κ3) is 3.24. The molecular weight excluding hydrogens is 280 g/mol. The van der Waals surface area contributed by atoms with Crippen molar-refractivity contribution < 1.29 is 9.90 Å². The van der Waals surface area contributed by atoms with E-state index in [9.17, 15) is 4.79 Å². The second-order valence-corrected chi connectivity index (χ2v) is 4.85. The van der Waals surface area contributed by atoms with Crippen LogP contribution in [0.15, 0.2) is 4.47 Å². The van der Waals surface area contributed by atoms with Crippen LogP contribution in [0.2, 0.25) is 0 Å². The molecule has 1 aromatic heterocycles. The van der Waals surface area contributed by atoms with Crippen LogP contribution in [0.5, 0.6) is 0 Å². The number of carboxylic acids is 1. The summed E-state index contributed by atoms with van der Waals surface area (Å²) < 4.78 is 2.81. The molecule has 0 unspecified atom stereocenters. The lowest BCUT2D eigenvalue weighted by Crippen LogP contribution is -2.01. The highest BCUT2D eigenvalue weighted by molar-refractivity contribution is 9.10. The number of halogens is 1. The van der Waals surface area contributed by atoms with Crippen molar-refractivity contribution in [2.75, 3.05) is 5.75 Å². The summed E-state index contributed by atoms with van der Waals surface area (Å²) >= 11 is 4.86. The monoisotopic (exact) mass is 292 g/mol. The number of aromatic nitrogens is 2. The Morgan fingerprint density at radius 2 is 2.33 bits per heavy atom. The zero-order chi connectivity index (χ0) is 11.4. The Hall–Kier alpha value is -0.490. The molecule has 0 saturated carbocycles. The molecule has 0 atom stereocenters. The predicted molar refractivity (Wildman–Crippen MR) is 64.1 cm³/mol. The highest BCUT2D eigenvalue weighted by atomic mass is 79.9. The maximum atomic E-state index is 10.4. The molecule has 6 heteroatoms. The summed E-state index contributed by atoms with van der Waals surface area (Å²) in [5.74, 6) is 0.00384. The summed E-state index contributed by atoms with van der Waals surface area (Å²) in [6, 6.07) is 0. The van der Waals surface area contributed by atoms with Crippen molar-refractivity contribution in [2.24, 2.45) is 7.05 Å². The Kier molecular flexibility index (Phi) is 4.66. The molecule has 84 valence electrons. The van der Waals surface area contributed by atoms with Crippen molar-refractivity contribution in [1.82, 2.24) is 9.78 Å². The van der Waals surface area contributed by atoms with Crippen molar-refractivity contribution in [3.8, 4) is 0 Å². The van der Waals surface area contributed by atoms with Gasteiger partial charge in [0.1, 0.15) is 0 Å². The molecule has 0 aliphatic rings. The molecule has 0 saturated heterocycles. The first kappa shape index (κ1) is 12.6. The standard InChI is InChI=1S/C9H13BrN2O2S/c1-3-6-9(10)7(12(2)11-6)4-15-5-8(13)14/h3-5H2,1-2H3,(H,13,14). The second kappa shape index (κ2) is 5.55. The number of nitrogens with zero attached hydrogens (tertiary/aromatic N) is 2. The summed E-state index contributed by atoms with van der Waals surface area (Å²) in [6.45, 7) is 2.04. The summed E-state index contributed by atoms with van der Waals surface area (Å²) in [5, 5.41) is 12.9. The van der Waals surface area contributed by atoms with Gasteiger partial charge in [-0.05, 0) is 22.4 Å². The van der Waals surface area contributed by atoms with Gasteiger partial charge in [0.15, 0.2) is 0 Å². The summed E-state index contributed by atoms with van der Waals surface area (Å²) in [5.41, 5.74) is 2.06. The molecular formula is C9H13BrN2O2S. The number of aryl methyl sites for hydroxylation is 2. The quantitative estimate of drug-likeness (QED) is 0.903. The van der Waals surface area contributed by atoms with Crippen LogP contribution >= 0.6 is 27.7 Å². The third-order valence-corrected chi connectivity index (χ3v) is 3.81. The fourth-order valence-electron chi connectivity index (χ4n) is 1.21. The number of carboxylic acid groups (broad SMARTS) is 1. The fourth-order valence-corrected chi connectivity index (χ4v) is 2.95. The normalized spacial score (nSPS) is 10.6. The van der Waals surface area contributed by atoms with Gasteiger partial charge in [-0.25, -0.2) is 0 Å². The van der Waals surface area contributed by atoms with Gasteiger partial charge < -0.3 is 5.11 Å². The van der Waals surface area contributed by atoms with E-state index in [4.69, 9.17) is 5.11 Å². The number of rotatable bonds is 5. The van der Waals surface area contributed by atoms with Gasteiger partial charge in [-0.1, -0.05) is 6.92 Å². The van der Waals surface area contributed by atoms with Crippen LogP contribution in [-0.2, 0) is 24.0 Å². The van der Waals surface area contributed by atoms with Crippen molar-refractivity contribution >= 4 is 33.7 Å². The molecule has 0 spiro atoms. The molecule has 1 N–H and O–H groups in total. The van der Waals surface area contributed by atoms with Crippen LogP contribution in [0.3, 0.4) is 0 Å². The highest BCUT2D eigenvalue weighted by Gasteiger charge is 2.12. The zero-order valence-corrected chi connectivity index (χ0v) is 11.1. The van der Waals surface area contributed by atoms with Crippen LogP contribution < -0.4 is 0 Å². The first-order valence-corrected chi connectivity index (χ1v) is 6.50. The summed E-state index contributed by atoms with van der Waals surface area (Å²) in [6.07, 6.45) is 0.873. The molecule has 0 aromatic carbocycles. The van der Waals surface area contributed by atoms with E-state index >= 15 is 0 Å². The van der Waals surface area contributed by atoms with E-state index in [0.29, 0.717) is 5.75 Å². The van der Waals surface area contributed by atoms with E-state index in [0.717, 1.165) is 22.3 Å². The van der Waals surface area contributed by atoms with Crippen molar-refractivity contribution in [1.29, 1.82) is 0 Å². The number of carbonyl (C=O) groups is 1. The Bertz CT molecular complexity index is 365. The minimum Gasteiger partial charge on any atom is -0.481 e. The lowest BCUT2D eigenvalue weighted by molar-refractivity contribution is -0.133. The second-order valence-electron chi connectivity index (χ2n) is 3.07. The van der Waals surface area contributed by atoms with E-state index < -0.39 is 5.97 Å². The van der Waals surface area contributed by atoms with E-state index in [2.05, 4.69) is 21.0 Å². The van der Waals surface area contributed by atoms with Gasteiger partial charge in [0.25, 0.3) is 0 Å². The zero-order valence-electron chi connectivity index (χ0n) is 8.66. The number of thioether (sulfide) groups is 1. The average Bonchev–Trinajstić information content (AvgIpc) is 2.44. The number of hydrogen-bond acceptors (Lipinski definition) is 3. The highest BCUT2D eigenvalue weighted by Crippen LogP contribution is 2.25. The molecule has 1 heterocycles. The third-order valence-electron chi connectivity index (χ3n) is 1.97. The lowest BCUT2D eigenvalue weighted by atomic mass is 10.3. The van der Waals surface area contributed by atoms with Crippen LogP contribution in [-0.4, -0.2) is 26.6 Å². The first-order valence-electron chi connectivity index (χ1n) is 4.56. The minimum atomic E-state index is -0.783. The van der Waals surface area contributed by atoms with E-state index in [1.54, 1.807) is 4.68 Å². The van der Waals surface area contributed by atoms with E-state index in [1.165, 1.54) is 11.8 Å². The number of hydrogen-bond donors (Lipinski definition) is 1. The van der Waals surface area contributed by atoms with E-state index in [1.807, 2.05) is 14.0 Å². The van der Waals surface area contributed by atoms with Gasteiger partial charge in [-0.2, -0.15) is 5.10 Å². The van der Waals surface area contributed by atoms with Crippen molar-refractivity contribution in [2.45, 2.75) is 19.1 Å². The van der Waals surface area contributed by atoms with Crippen LogP contribution in [0, 0.1) is 0 Å². The van der Waals surface area contributed by atoms with Crippen LogP contribution in [0.4, 0.5) is 0 Å². The molecule has 0 aliphatic carbocycles. The Morgan fingerprint density at radius 1 is 1.67 bits per heavy atom. The largest absolute Gasteiger partial charge is 0.481 e. The summed E-state index contributed by atoms with van der Waals surface area (Å²) in [4.78, 5) is 10.4. The molecule has 4 nitrogen and oxygen atoms in total. The van der Waals surface area contributed by atoms with Gasteiger partial charge in [0, 0.05) is 12.8 Å². The molecule has 15 heavy (non-hydrogen) atoms. The average molecular weight is 293 g/mol. The molecule has 1 rings (SSSR count). The molecule has 0 amide bonds. The van der Waals surface area contributed by atoms with Crippen LogP contribution in [0.1, 0.15) is 18.3 Å². The fraction of sp³-hybridized carbons (Fsp3) is 0.556. The maximum Gasteiger partial charge on any atom is 0.313 e. The Balaban J connectivity index is 2.68. The van der Waals surface area contributed by atoms with Gasteiger partial charge in [-0.3, -0.25) is 9.48 Å². The molecule has 1 aromatic rings. The van der Waals surface area contributed by atoms with E-state index in [-0.39, 0.29) is 5.75 Å². The maximum absolute atomic E-state index is 10.4. The Labute approximate surface area is 101 Å². The molecule has 0 aliphatic heterocycles. The Morgan fingerprint density at radius 3 is 2.80 bits per heavy atom. The number of aliphatic carboxylic acids is 1. The summed E-state index contributed by atoms with van der Waals surface area (Å²) in [7, 11) is 1.88. The van der Waals surface area contributed by atoms with Gasteiger partial charge in [0.2, 0.25) is 0 Å². The first-order chi connectivity index (χ1) is 7.06. The lowest BCUT2D eigenvalue weighted by Gasteiger charge is -2.00. The van der Waals surface area contributed by atoms with Gasteiger partial charge in [-0.15, -0.1) is 11.8 Å². The minimum absolute atomic E-state index is 0.124. The molecule has 0 bridgehead atoms. The van der Waals surface area contributed by atoms with Gasteiger partial charge >= 0.3 is 5.97 Å². The van der Waals surface area contributed by atoms with Crippen molar-refractivity contribution in [3.05, 3.63) is 15.9 Å².